The van der Waals surface area contributed by atoms with Crippen LogP contribution in [0, 0.1) is 0 Å². The van der Waals surface area contributed by atoms with Gasteiger partial charge in [-0.15, -0.1) is 0 Å². The molecule has 0 aromatic carbocycles. The summed E-state index contributed by atoms with van der Waals surface area (Å²) in [6, 6.07) is 10.7. The van der Waals surface area contributed by atoms with Crippen molar-refractivity contribution in [3.8, 4) is 11.3 Å². The van der Waals surface area contributed by atoms with E-state index in [0.29, 0.717) is 6.04 Å². The lowest BCUT2D eigenvalue weighted by atomic mass is 9.95. The van der Waals surface area contributed by atoms with Gasteiger partial charge < -0.3 is 5.32 Å². The monoisotopic (exact) mass is 370 g/mol. The Morgan fingerprint density at radius 1 is 1.09 bits per heavy atom. The molecule has 0 bridgehead atoms. The number of pyridine rings is 2. The van der Waals surface area contributed by atoms with Crippen molar-refractivity contribution in [2.24, 2.45) is 0 Å². The summed E-state index contributed by atoms with van der Waals surface area (Å²) in [5, 5.41) is 3.75. The molecule has 4 rings (SSSR count). The number of hydrogen-bond donors (Lipinski definition) is 1. The van der Waals surface area contributed by atoms with Crippen molar-refractivity contribution in [1.82, 2.24) is 14.4 Å². The van der Waals surface area contributed by atoms with E-state index in [4.69, 9.17) is 4.98 Å². The first-order valence-corrected chi connectivity index (χ1v) is 8.96. The van der Waals surface area contributed by atoms with Gasteiger partial charge in [0.15, 0.2) is 0 Å². The summed E-state index contributed by atoms with van der Waals surface area (Å²) in [6.45, 7) is 0. The molecular weight excluding hydrogens is 352 g/mol. The highest BCUT2D eigenvalue weighted by molar-refractivity contribution is 9.10. The number of halogens is 1. The van der Waals surface area contributed by atoms with Crippen molar-refractivity contribution >= 4 is 27.4 Å². The van der Waals surface area contributed by atoms with Crippen LogP contribution in [0.5, 0.6) is 0 Å². The first-order chi connectivity index (χ1) is 11.3. The third-order valence-corrected chi connectivity index (χ3v) is 4.95. The third-order valence-electron chi connectivity index (χ3n) is 4.48. The van der Waals surface area contributed by atoms with Crippen molar-refractivity contribution in [3.05, 3.63) is 47.3 Å². The summed E-state index contributed by atoms with van der Waals surface area (Å²) < 4.78 is 2.98. The number of rotatable bonds is 3. The lowest BCUT2D eigenvalue weighted by Crippen LogP contribution is -2.23. The first-order valence-electron chi connectivity index (χ1n) is 8.17. The van der Waals surface area contributed by atoms with Crippen molar-refractivity contribution in [1.29, 1.82) is 0 Å². The molecule has 4 nitrogen and oxygen atoms in total. The van der Waals surface area contributed by atoms with Gasteiger partial charge in [0.2, 0.25) is 0 Å². The van der Waals surface area contributed by atoms with E-state index < -0.39 is 0 Å². The SMILES string of the molecule is Brc1ccc(-c2nc3ccccn3c2NC2CCCCC2)cn1. The van der Waals surface area contributed by atoms with Crippen LogP contribution < -0.4 is 5.32 Å². The average molecular weight is 371 g/mol. The Kier molecular flexibility index (Phi) is 4.04. The van der Waals surface area contributed by atoms with E-state index in [1.165, 1.54) is 32.1 Å². The Morgan fingerprint density at radius 3 is 2.74 bits per heavy atom. The zero-order chi connectivity index (χ0) is 15.6. The van der Waals surface area contributed by atoms with Crippen LogP contribution in [0.1, 0.15) is 32.1 Å². The second kappa shape index (κ2) is 6.32. The molecule has 1 aliphatic carbocycles. The fourth-order valence-corrected chi connectivity index (χ4v) is 3.53. The number of hydrogen-bond acceptors (Lipinski definition) is 3. The largest absolute Gasteiger partial charge is 0.367 e. The normalized spacial score (nSPS) is 15.9. The molecule has 1 saturated carbocycles. The molecule has 1 N–H and O–H groups in total. The first kappa shape index (κ1) is 14.7. The fraction of sp³-hybridized carbons (Fsp3) is 0.333. The van der Waals surface area contributed by atoms with E-state index in [-0.39, 0.29) is 0 Å². The molecule has 0 amide bonds. The van der Waals surface area contributed by atoms with Gasteiger partial charge in [-0.2, -0.15) is 0 Å². The summed E-state index contributed by atoms with van der Waals surface area (Å²) >= 11 is 3.40. The molecule has 118 valence electrons. The molecule has 0 saturated heterocycles. The van der Waals surface area contributed by atoms with E-state index in [1.54, 1.807) is 0 Å². The zero-order valence-electron chi connectivity index (χ0n) is 12.9. The minimum atomic E-state index is 0.533. The van der Waals surface area contributed by atoms with Crippen LogP contribution >= 0.6 is 15.9 Å². The highest BCUT2D eigenvalue weighted by Crippen LogP contribution is 2.31. The molecule has 0 atom stereocenters. The van der Waals surface area contributed by atoms with Gasteiger partial charge in [0.05, 0.1) is 0 Å². The molecule has 1 fully saturated rings. The molecule has 0 spiro atoms. The quantitative estimate of drug-likeness (QED) is 0.666. The summed E-state index contributed by atoms with van der Waals surface area (Å²) in [7, 11) is 0. The number of nitrogens with zero attached hydrogens (tertiary/aromatic N) is 3. The van der Waals surface area contributed by atoms with Crippen molar-refractivity contribution in [2.45, 2.75) is 38.1 Å². The molecular formula is C18H19BrN4. The van der Waals surface area contributed by atoms with E-state index >= 15 is 0 Å². The maximum Gasteiger partial charge on any atom is 0.139 e. The highest BCUT2D eigenvalue weighted by atomic mass is 79.9. The Balaban J connectivity index is 1.79. The second-order valence-corrected chi connectivity index (χ2v) is 6.90. The molecule has 23 heavy (non-hydrogen) atoms. The van der Waals surface area contributed by atoms with Crippen LogP contribution in [0.3, 0.4) is 0 Å². The van der Waals surface area contributed by atoms with Gasteiger partial charge in [-0.25, -0.2) is 9.97 Å². The predicted octanol–water partition coefficient (Wildman–Crippen LogP) is 4.90. The van der Waals surface area contributed by atoms with Crippen molar-refractivity contribution < 1.29 is 0 Å². The van der Waals surface area contributed by atoms with Crippen LogP contribution in [0.4, 0.5) is 5.82 Å². The maximum absolute atomic E-state index is 4.82. The van der Waals surface area contributed by atoms with Crippen LogP contribution in [0.25, 0.3) is 16.9 Å². The van der Waals surface area contributed by atoms with E-state index in [2.05, 4.69) is 42.9 Å². The summed E-state index contributed by atoms with van der Waals surface area (Å²) in [6.07, 6.45) is 10.4. The van der Waals surface area contributed by atoms with Crippen LogP contribution in [-0.4, -0.2) is 20.4 Å². The third kappa shape index (κ3) is 2.98. The van der Waals surface area contributed by atoms with Gasteiger partial charge in [0.25, 0.3) is 0 Å². The predicted molar refractivity (Wildman–Crippen MR) is 96.6 cm³/mol. The van der Waals surface area contributed by atoms with E-state index in [0.717, 1.165) is 27.3 Å². The van der Waals surface area contributed by atoms with Gasteiger partial charge in [0, 0.05) is 24.0 Å². The number of aromatic nitrogens is 3. The Hall–Kier alpha value is -1.88. The Morgan fingerprint density at radius 2 is 1.96 bits per heavy atom. The second-order valence-electron chi connectivity index (χ2n) is 6.09. The van der Waals surface area contributed by atoms with Gasteiger partial charge >= 0.3 is 0 Å². The Bertz CT molecular complexity index is 804. The smallest absolute Gasteiger partial charge is 0.139 e. The highest BCUT2D eigenvalue weighted by Gasteiger charge is 2.19. The molecule has 3 aromatic heterocycles. The number of anilines is 1. The number of fused-ring (bicyclic) bond motifs is 1. The maximum atomic E-state index is 4.82. The van der Waals surface area contributed by atoms with Gasteiger partial charge in [-0.1, -0.05) is 25.3 Å². The molecule has 0 aliphatic heterocycles. The molecule has 1 aliphatic rings. The van der Waals surface area contributed by atoms with Crippen molar-refractivity contribution in [2.75, 3.05) is 5.32 Å². The minimum absolute atomic E-state index is 0.533. The van der Waals surface area contributed by atoms with Gasteiger partial charge in [0.1, 0.15) is 21.8 Å². The van der Waals surface area contributed by atoms with E-state index in [1.807, 2.05) is 30.5 Å². The van der Waals surface area contributed by atoms with E-state index in [9.17, 15) is 0 Å². The zero-order valence-corrected chi connectivity index (χ0v) is 14.5. The molecule has 3 heterocycles. The fourth-order valence-electron chi connectivity index (χ4n) is 3.29. The van der Waals surface area contributed by atoms with Crippen LogP contribution in [0.2, 0.25) is 0 Å². The summed E-state index contributed by atoms with van der Waals surface area (Å²) in [5.41, 5.74) is 2.97. The number of imidazole rings is 1. The standard InChI is InChI=1S/C18H19BrN4/c19-15-10-9-13(12-20-15)17-18(21-14-6-2-1-3-7-14)23-11-5-4-8-16(23)22-17/h4-5,8-12,14,21H,1-3,6-7H2. The number of nitrogens with one attached hydrogen (secondary N) is 1. The molecule has 5 heteroatoms. The molecule has 3 aromatic rings. The van der Waals surface area contributed by atoms with Crippen molar-refractivity contribution in [3.63, 3.8) is 0 Å². The average Bonchev–Trinajstić information content (AvgIpc) is 2.95. The van der Waals surface area contributed by atoms with Gasteiger partial charge in [-0.05, 0) is 53.0 Å². The molecule has 0 radical (unpaired) electrons. The Labute approximate surface area is 144 Å². The topological polar surface area (TPSA) is 42.2 Å². The van der Waals surface area contributed by atoms with Crippen LogP contribution in [-0.2, 0) is 0 Å². The van der Waals surface area contributed by atoms with Gasteiger partial charge in [-0.3, -0.25) is 4.40 Å². The molecule has 0 unspecified atom stereocenters. The summed E-state index contributed by atoms with van der Waals surface area (Å²) in [4.78, 5) is 9.18. The van der Waals surface area contributed by atoms with Crippen LogP contribution in [0.15, 0.2) is 47.3 Å². The summed E-state index contributed by atoms with van der Waals surface area (Å²) in [5.74, 6) is 1.08. The lowest BCUT2D eigenvalue weighted by molar-refractivity contribution is 0.462. The minimum Gasteiger partial charge on any atom is -0.367 e. The lowest BCUT2D eigenvalue weighted by Gasteiger charge is -2.24.